The summed E-state index contributed by atoms with van der Waals surface area (Å²) in [6.07, 6.45) is 7.85. The third-order valence-electron chi connectivity index (χ3n) is 3.91. The van der Waals surface area contributed by atoms with Gasteiger partial charge >= 0.3 is 0 Å². The molecule has 0 fully saturated rings. The van der Waals surface area contributed by atoms with Crippen LogP contribution in [0.2, 0.25) is 0 Å². The van der Waals surface area contributed by atoms with Crippen LogP contribution in [0.3, 0.4) is 0 Å². The number of nitrogens with zero attached hydrogens (tertiary/aromatic N) is 5. The predicted molar refractivity (Wildman–Crippen MR) is 93.9 cm³/mol. The highest BCUT2D eigenvalue weighted by atomic mass is 16.5. The van der Waals surface area contributed by atoms with Gasteiger partial charge in [-0.25, -0.2) is 9.97 Å². The van der Waals surface area contributed by atoms with E-state index in [1.54, 1.807) is 24.8 Å². The molecule has 130 valence electrons. The Morgan fingerprint density at radius 3 is 2.64 bits per heavy atom. The Kier molecular flexibility index (Phi) is 5.69. The Hall–Kier alpha value is -2.80. The van der Waals surface area contributed by atoms with Gasteiger partial charge in [-0.3, -0.25) is 9.67 Å². The lowest BCUT2D eigenvalue weighted by molar-refractivity contribution is 0.317. The highest BCUT2D eigenvalue weighted by Crippen LogP contribution is 2.11. The summed E-state index contributed by atoms with van der Waals surface area (Å²) in [5.74, 6) is 1.54. The summed E-state index contributed by atoms with van der Waals surface area (Å²) in [7, 11) is 1.93. The second kappa shape index (κ2) is 8.34. The Labute approximate surface area is 147 Å². The molecule has 3 aromatic heterocycles. The quantitative estimate of drug-likeness (QED) is 0.677. The number of aromatic nitrogens is 5. The highest BCUT2D eigenvalue weighted by Gasteiger charge is 2.07. The van der Waals surface area contributed by atoms with E-state index in [1.807, 2.05) is 42.9 Å². The lowest BCUT2D eigenvalue weighted by Gasteiger charge is -2.12. The number of hydrogen-bond donors (Lipinski definition) is 1. The Morgan fingerprint density at radius 2 is 1.96 bits per heavy atom. The second-order valence-corrected chi connectivity index (χ2v) is 5.74. The molecule has 0 saturated heterocycles. The van der Waals surface area contributed by atoms with Crippen LogP contribution in [-0.4, -0.2) is 31.3 Å². The summed E-state index contributed by atoms with van der Waals surface area (Å²) in [6, 6.07) is 7.78. The van der Waals surface area contributed by atoms with E-state index in [0.717, 1.165) is 29.4 Å². The fourth-order valence-corrected chi connectivity index (χ4v) is 2.40. The minimum Gasteiger partial charge on any atom is -0.492 e. The molecule has 3 aromatic rings. The summed E-state index contributed by atoms with van der Waals surface area (Å²) in [6.45, 7) is 3.28. The topological polar surface area (TPSA) is 77.8 Å². The van der Waals surface area contributed by atoms with Crippen LogP contribution in [0.5, 0.6) is 5.75 Å². The monoisotopic (exact) mass is 338 g/mol. The first-order valence-electron chi connectivity index (χ1n) is 8.27. The van der Waals surface area contributed by atoms with Crippen molar-refractivity contribution in [1.29, 1.82) is 0 Å². The fraction of sp³-hybridized carbons (Fsp3) is 0.333. The standard InChI is InChI=1S/C18H22N6O/c1-14(18-19-8-3-9-20-18)21-12-15-4-5-17(13-22-15)25-11-7-16-6-10-23-24(16)2/h3-6,8-10,13-14,21H,7,11-12H2,1-2H3. The van der Waals surface area contributed by atoms with E-state index in [0.29, 0.717) is 13.2 Å². The molecule has 7 nitrogen and oxygen atoms in total. The van der Waals surface area contributed by atoms with Crippen LogP contribution < -0.4 is 10.1 Å². The molecule has 1 atom stereocenters. The van der Waals surface area contributed by atoms with E-state index in [4.69, 9.17) is 4.74 Å². The lowest BCUT2D eigenvalue weighted by atomic mass is 10.3. The molecule has 0 aromatic carbocycles. The van der Waals surface area contributed by atoms with Crippen LogP contribution in [0.25, 0.3) is 0 Å². The summed E-state index contributed by atoms with van der Waals surface area (Å²) in [4.78, 5) is 12.9. The molecule has 0 aliphatic carbocycles. The summed E-state index contributed by atoms with van der Waals surface area (Å²) in [5.41, 5.74) is 2.09. The smallest absolute Gasteiger partial charge is 0.144 e. The number of pyridine rings is 1. The van der Waals surface area contributed by atoms with Crippen molar-refractivity contribution in [2.24, 2.45) is 7.05 Å². The molecule has 0 aliphatic rings. The molecule has 1 N–H and O–H groups in total. The van der Waals surface area contributed by atoms with Gasteiger partial charge in [0.15, 0.2) is 0 Å². The Morgan fingerprint density at radius 1 is 1.12 bits per heavy atom. The van der Waals surface area contributed by atoms with Crippen molar-refractivity contribution in [1.82, 2.24) is 30.0 Å². The zero-order valence-electron chi connectivity index (χ0n) is 14.5. The molecule has 0 spiro atoms. The van der Waals surface area contributed by atoms with Gasteiger partial charge in [-0.1, -0.05) is 0 Å². The van der Waals surface area contributed by atoms with Crippen molar-refractivity contribution >= 4 is 0 Å². The molecule has 7 heteroatoms. The molecule has 0 radical (unpaired) electrons. The third-order valence-corrected chi connectivity index (χ3v) is 3.91. The van der Waals surface area contributed by atoms with Gasteiger partial charge < -0.3 is 10.1 Å². The molecule has 0 saturated carbocycles. The van der Waals surface area contributed by atoms with E-state index < -0.39 is 0 Å². The van der Waals surface area contributed by atoms with Crippen molar-refractivity contribution in [3.8, 4) is 5.75 Å². The largest absolute Gasteiger partial charge is 0.492 e. The van der Waals surface area contributed by atoms with Gasteiger partial charge in [0.05, 0.1) is 24.5 Å². The van der Waals surface area contributed by atoms with Crippen LogP contribution in [0.4, 0.5) is 0 Å². The van der Waals surface area contributed by atoms with E-state index >= 15 is 0 Å². The van der Waals surface area contributed by atoms with E-state index in [1.165, 1.54) is 0 Å². The number of aryl methyl sites for hydroxylation is 1. The predicted octanol–water partition coefficient (Wildman–Crippen LogP) is 2.08. The van der Waals surface area contributed by atoms with Gasteiger partial charge in [-0.05, 0) is 31.2 Å². The van der Waals surface area contributed by atoms with Gasteiger partial charge in [-0.15, -0.1) is 0 Å². The lowest BCUT2D eigenvalue weighted by Crippen LogP contribution is -2.20. The fourth-order valence-electron chi connectivity index (χ4n) is 2.40. The van der Waals surface area contributed by atoms with Crippen molar-refractivity contribution in [3.63, 3.8) is 0 Å². The van der Waals surface area contributed by atoms with Crippen LogP contribution in [-0.2, 0) is 20.0 Å². The zero-order chi connectivity index (χ0) is 17.5. The third kappa shape index (κ3) is 4.84. The average molecular weight is 338 g/mol. The number of hydrogen-bond acceptors (Lipinski definition) is 6. The minimum absolute atomic E-state index is 0.0674. The Balaban J connectivity index is 1.45. The molecule has 3 rings (SSSR count). The molecule has 1 unspecified atom stereocenters. The zero-order valence-corrected chi connectivity index (χ0v) is 14.5. The summed E-state index contributed by atoms with van der Waals surface area (Å²) < 4.78 is 7.60. The maximum Gasteiger partial charge on any atom is 0.144 e. The molecule has 0 aliphatic heterocycles. The molecule has 3 heterocycles. The van der Waals surface area contributed by atoms with Crippen LogP contribution in [0.1, 0.15) is 30.2 Å². The molecular weight excluding hydrogens is 316 g/mol. The molecule has 0 bridgehead atoms. The number of nitrogens with one attached hydrogen (secondary N) is 1. The maximum absolute atomic E-state index is 5.74. The summed E-state index contributed by atoms with van der Waals surface area (Å²) >= 11 is 0. The van der Waals surface area contributed by atoms with Crippen LogP contribution in [0.15, 0.2) is 49.1 Å². The van der Waals surface area contributed by atoms with Crippen molar-refractivity contribution < 1.29 is 4.74 Å². The van der Waals surface area contributed by atoms with Gasteiger partial charge in [-0.2, -0.15) is 5.10 Å². The van der Waals surface area contributed by atoms with Gasteiger partial charge in [0.1, 0.15) is 11.6 Å². The first-order valence-corrected chi connectivity index (χ1v) is 8.27. The van der Waals surface area contributed by atoms with E-state index in [2.05, 4.69) is 25.4 Å². The van der Waals surface area contributed by atoms with Crippen molar-refractivity contribution in [3.05, 3.63) is 66.3 Å². The summed E-state index contributed by atoms with van der Waals surface area (Å²) in [5, 5.41) is 7.51. The van der Waals surface area contributed by atoms with Gasteiger partial charge in [0.2, 0.25) is 0 Å². The molecule has 0 amide bonds. The first-order chi connectivity index (χ1) is 12.2. The average Bonchev–Trinajstić information content (AvgIpc) is 3.06. The second-order valence-electron chi connectivity index (χ2n) is 5.74. The normalized spacial score (nSPS) is 12.1. The van der Waals surface area contributed by atoms with Crippen molar-refractivity contribution in [2.75, 3.05) is 6.61 Å². The van der Waals surface area contributed by atoms with E-state index in [9.17, 15) is 0 Å². The van der Waals surface area contributed by atoms with Crippen LogP contribution in [0, 0.1) is 0 Å². The van der Waals surface area contributed by atoms with Gasteiger partial charge in [0, 0.05) is 44.3 Å². The number of rotatable bonds is 8. The van der Waals surface area contributed by atoms with Crippen LogP contribution >= 0.6 is 0 Å². The maximum atomic E-state index is 5.74. The number of ether oxygens (including phenoxy) is 1. The molecule has 25 heavy (non-hydrogen) atoms. The SMILES string of the molecule is CC(NCc1ccc(OCCc2ccnn2C)cn1)c1ncccn1. The first kappa shape index (κ1) is 17.0. The van der Waals surface area contributed by atoms with Gasteiger partial charge in [0.25, 0.3) is 0 Å². The van der Waals surface area contributed by atoms with E-state index in [-0.39, 0.29) is 6.04 Å². The highest BCUT2D eigenvalue weighted by molar-refractivity contribution is 5.20. The molecular formula is C18H22N6O. The Bertz CT molecular complexity index is 772. The van der Waals surface area contributed by atoms with Crippen molar-refractivity contribution in [2.45, 2.75) is 25.9 Å². The minimum atomic E-state index is 0.0674.